The van der Waals surface area contributed by atoms with E-state index in [4.69, 9.17) is 11.6 Å². The van der Waals surface area contributed by atoms with Crippen LogP contribution in [0.5, 0.6) is 0 Å². The Hall–Kier alpha value is -1.82. The second kappa shape index (κ2) is 5.88. The van der Waals surface area contributed by atoms with Crippen molar-refractivity contribution in [3.63, 3.8) is 0 Å². The van der Waals surface area contributed by atoms with Crippen LogP contribution >= 0.6 is 11.6 Å². The van der Waals surface area contributed by atoms with Crippen LogP contribution in [0.4, 0.5) is 0 Å². The Morgan fingerprint density at radius 1 is 1.53 bits per heavy atom. The second-order valence-electron chi connectivity index (χ2n) is 4.35. The van der Waals surface area contributed by atoms with Gasteiger partial charge in [-0.25, -0.2) is 0 Å². The van der Waals surface area contributed by atoms with E-state index < -0.39 is 0 Å². The minimum absolute atomic E-state index is 0.0227. The molecular formula is C12H16ClN5O. The fourth-order valence-corrected chi connectivity index (χ4v) is 1.94. The van der Waals surface area contributed by atoms with E-state index in [1.807, 2.05) is 20.0 Å². The zero-order chi connectivity index (χ0) is 13.8. The van der Waals surface area contributed by atoms with Crippen molar-refractivity contribution in [1.82, 2.24) is 24.9 Å². The number of aromatic nitrogens is 4. The molecule has 7 heteroatoms. The van der Waals surface area contributed by atoms with Crippen LogP contribution in [0.2, 0.25) is 5.02 Å². The third-order valence-electron chi connectivity index (χ3n) is 2.74. The fourth-order valence-electron chi connectivity index (χ4n) is 1.78. The topological polar surface area (TPSA) is 64.7 Å². The predicted octanol–water partition coefficient (Wildman–Crippen LogP) is 1.28. The Labute approximate surface area is 116 Å². The van der Waals surface area contributed by atoms with Gasteiger partial charge in [0.25, 0.3) is 0 Å². The Kier molecular flexibility index (Phi) is 4.21. The molecule has 0 saturated heterocycles. The lowest BCUT2D eigenvalue weighted by Crippen LogP contribution is -2.25. The highest BCUT2D eigenvalue weighted by atomic mass is 35.5. The van der Waals surface area contributed by atoms with Crippen LogP contribution in [0.3, 0.4) is 0 Å². The normalized spacial score (nSPS) is 10.7. The van der Waals surface area contributed by atoms with Crippen molar-refractivity contribution in [2.24, 2.45) is 7.05 Å². The van der Waals surface area contributed by atoms with Gasteiger partial charge in [-0.05, 0) is 13.0 Å². The zero-order valence-corrected chi connectivity index (χ0v) is 11.7. The molecular weight excluding hydrogens is 266 g/mol. The Bertz CT molecular complexity index is 574. The number of amides is 1. The summed E-state index contributed by atoms with van der Waals surface area (Å²) < 4.78 is 3.42. The SMILES string of the molecule is Cc1cc(CNC(=O)CCn2cc(Cl)cn2)n(C)n1. The zero-order valence-electron chi connectivity index (χ0n) is 10.9. The third kappa shape index (κ3) is 3.82. The molecule has 1 N–H and O–H groups in total. The molecule has 2 aromatic heterocycles. The highest BCUT2D eigenvalue weighted by Crippen LogP contribution is 2.05. The Morgan fingerprint density at radius 3 is 2.89 bits per heavy atom. The molecule has 0 saturated carbocycles. The maximum absolute atomic E-state index is 11.7. The number of hydrogen-bond acceptors (Lipinski definition) is 3. The summed E-state index contributed by atoms with van der Waals surface area (Å²) in [7, 11) is 1.86. The molecule has 0 radical (unpaired) electrons. The first kappa shape index (κ1) is 13.6. The van der Waals surface area contributed by atoms with Crippen LogP contribution in [0.25, 0.3) is 0 Å². The van der Waals surface area contributed by atoms with Crippen LogP contribution in [0.1, 0.15) is 17.8 Å². The molecule has 0 aliphatic carbocycles. The summed E-state index contributed by atoms with van der Waals surface area (Å²) in [6.45, 7) is 2.92. The van der Waals surface area contributed by atoms with Crippen LogP contribution in [-0.4, -0.2) is 25.5 Å². The minimum atomic E-state index is -0.0227. The molecule has 0 spiro atoms. The molecule has 2 heterocycles. The van der Waals surface area contributed by atoms with Crippen molar-refractivity contribution in [1.29, 1.82) is 0 Å². The smallest absolute Gasteiger partial charge is 0.222 e. The Morgan fingerprint density at radius 2 is 2.32 bits per heavy atom. The first-order chi connectivity index (χ1) is 9.04. The van der Waals surface area contributed by atoms with E-state index in [0.29, 0.717) is 24.5 Å². The molecule has 0 atom stereocenters. The van der Waals surface area contributed by atoms with E-state index in [0.717, 1.165) is 11.4 Å². The summed E-state index contributed by atoms with van der Waals surface area (Å²) in [5, 5.41) is 11.7. The summed E-state index contributed by atoms with van der Waals surface area (Å²) >= 11 is 5.74. The van der Waals surface area contributed by atoms with Gasteiger partial charge in [-0.1, -0.05) is 11.6 Å². The number of aryl methyl sites for hydroxylation is 3. The molecule has 0 aromatic carbocycles. The first-order valence-electron chi connectivity index (χ1n) is 5.99. The van der Waals surface area contributed by atoms with Crippen molar-refractivity contribution in [2.75, 3.05) is 0 Å². The highest BCUT2D eigenvalue weighted by Gasteiger charge is 2.06. The van der Waals surface area contributed by atoms with Crippen LogP contribution in [0, 0.1) is 6.92 Å². The van der Waals surface area contributed by atoms with E-state index in [1.165, 1.54) is 0 Å². The first-order valence-corrected chi connectivity index (χ1v) is 6.36. The second-order valence-corrected chi connectivity index (χ2v) is 4.79. The van der Waals surface area contributed by atoms with E-state index in [2.05, 4.69) is 15.5 Å². The average molecular weight is 282 g/mol. The third-order valence-corrected chi connectivity index (χ3v) is 2.93. The lowest BCUT2D eigenvalue weighted by atomic mass is 10.3. The molecule has 0 aliphatic rings. The van der Waals surface area contributed by atoms with Crippen molar-refractivity contribution >= 4 is 17.5 Å². The number of carbonyl (C=O) groups is 1. The van der Waals surface area contributed by atoms with Gasteiger partial charge in [0.2, 0.25) is 5.91 Å². The number of nitrogens with zero attached hydrogens (tertiary/aromatic N) is 4. The maximum Gasteiger partial charge on any atom is 0.222 e. The fraction of sp³-hybridized carbons (Fsp3) is 0.417. The van der Waals surface area contributed by atoms with Crippen LogP contribution in [0.15, 0.2) is 18.5 Å². The van der Waals surface area contributed by atoms with Gasteiger partial charge in [0.1, 0.15) is 0 Å². The molecule has 102 valence electrons. The quantitative estimate of drug-likeness (QED) is 0.898. The lowest BCUT2D eigenvalue weighted by molar-refractivity contribution is -0.121. The average Bonchev–Trinajstić information content (AvgIpc) is 2.90. The number of halogens is 1. The number of hydrogen-bond donors (Lipinski definition) is 1. The van der Waals surface area contributed by atoms with Crippen LogP contribution in [-0.2, 0) is 24.9 Å². The summed E-state index contributed by atoms with van der Waals surface area (Å²) in [5.74, 6) is -0.0227. The number of rotatable bonds is 5. The molecule has 19 heavy (non-hydrogen) atoms. The monoisotopic (exact) mass is 281 g/mol. The van der Waals surface area contributed by atoms with Crippen molar-refractivity contribution < 1.29 is 4.79 Å². The van der Waals surface area contributed by atoms with Crippen molar-refractivity contribution in [2.45, 2.75) is 26.4 Å². The molecule has 1 amide bonds. The van der Waals surface area contributed by atoms with Gasteiger partial charge in [0, 0.05) is 26.2 Å². The predicted molar refractivity (Wildman–Crippen MR) is 71.6 cm³/mol. The van der Waals surface area contributed by atoms with Gasteiger partial charge in [0.05, 0.1) is 29.2 Å². The van der Waals surface area contributed by atoms with E-state index in [1.54, 1.807) is 21.8 Å². The summed E-state index contributed by atoms with van der Waals surface area (Å²) in [6, 6.07) is 1.95. The van der Waals surface area contributed by atoms with E-state index in [-0.39, 0.29) is 5.91 Å². The highest BCUT2D eigenvalue weighted by molar-refractivity contribution is 6.30. The van der Waals surface area contributed by atoms with Gasteiger partial charge in [-0.2, -0.15) is 10.2 Å². The minimum Gasteiger partial charge on any atom is -0.350 e. The maximum atomic E-state index is 11.7. The lowest BCUT2D eigenvalue weighted by Gasteiger charge is -2.05. The summed E-state index contributed by atoms with van der Waals surface area (Å²) in [5.41, 5.74) is 1.92. The molecule has 2 aromatic rings. The summed E-state index contributed by atoms with van der Waals surface area (Å²) in [6.07, 6.45) is 3.62. The van der Waals surface area contributed by atoms with Crippen molar-refractivity contribution in [3.8, 4) is 0 Å². The van der Waals surface area contributed by atoms with Gasteiger partial charge in [-0.3, -0.25) is 14.2 Å². The molecule has 6 nitrogen and oxygen atoms in total. The standard InChI is InChI=1S/C12H16ClN5O/c1-9-5-11(17(2)16-9)7-14-12(19)3-4-18-8-10(13)6-15-18/h5-6,8H,3-4,7H2,1-2H3,(H,14,19). The van der Waals surface area contributed by atoms with Crippen molar-refractivity contribution in [3.05, 3.63) is 34.9 Å². The van der Waals surface area contributed by atoms with Gasteiger partial charge in [-0.15, -0.1) is 0 Å². The number of carbonyl (C=O) groups excluding carboxylic acids is 1. The summed E-state index contributed by atoms with van der Waals surface area (Å²) in [4.78, 5) is 11.7. The van der Waals surface area contributed by atoms with Gasteiger partial charge < -0.3 is 5.32 Å². The van der Waals surface area contributed by atoms with Gasteiger partial charge >= 0.3 is 0 Å². The molecule has 0 fully saturated rings. The Balaban J connectivity index is 1.77. The van der Waals surface area contributed by atoms with Crippen LogP contribution < -0.4 is 5.32 Å². The largest absolute Gasteiger partial charge is 0.350 e. The van der Waals surface area contributed by atoms with E-state index >= 15 is 0 Å². The van der Waals surface area contributed by atoms with E-state index in [9.17, 15) is 4.79 Å². The number of nitrogens with one attached hydrogen (secondary N) is 1. The van der Waals surface area contributed by atoms with Gasteiger partial charge in [0.15, 0.2) is 0 Å². The molecule has 0 unspecified atom stereocenters. The molecule has 0 aliphatic heterocycles. The molecule has 0 bridgehead atoms. The molecule has 2 rings (SSSR count).